The van der Waals surface area contributed by atoms with Gasteiger partial charge in [0.05, 0.1) is 17.0 Å². The van der Waals surface area contributed by atoms with Crippen molar-refractivity contribution in [2.45, 2.75) is 26.4 Å². The fourth-order valence-corrected chi connectivity index (χ4v) is 4.29. The number of nitrogens with two attached hydrogens (primary N) is 1. The van der Waals surface area contributed by atoms with Crippen molar-refractivity contribution < 1.29 is 14.3 Å². The zero-order valence-corrected chi connectivity index (χ0v) is 15.8. The molecule has 1 aromatic heterocycles. The molecule has 1 aromatic carbocycles. The molecule has 26 heavy (non-hydrogen) atoms. The van der Waals surface area contributed by atoms with Gasteiger partial charge in [-0.25, -0.2) is 4.79 Å². The van der Waals surface area contributed by atoms with Gasteiger partial charge in [0, 0.05) is 32.2 Å². The topological polar surface area (TPSA) is 84.7 Å². The quantitative estimate of drug-likeness (QED) is 0.787. The highest BCUT2D eigenvalue weighted by molar-refractivity contribution is 7.18. The summed E-state index contributed by atoms with van der Waals surface area (Å²) < 4.78 is 5.16. The van der Waals surface area contributed by atoms with Crippen LogP contribution in [-0.2, 0) is 24.2 Å². The third-order valence-corrected chi connectivity index (χ3v) is 5.60. The number of nitrogens with zero attached hydrogens (tertiary/aromatic N) is 1. The molecular formula is C19H23N3O3S. The number of amides is 1. The third kappa shape index (κ3) is 3.59. The van der Waals surface area contributed by atoms with Crippen molar-refractivity contribution in [2.24, 2.45) is 0 Å². The van der Waals surface area contributed by atoms with E-state index in [0.29, 0.717) is 27.5 Å². The van der Waals surface area contributed by atoms with E-state index in [4.69, 9.17) is 10.5 Å². The van der Waals surface area contributed by atoms with Crippen LogP contribution in [0, 0.1) is 0 Å². The lowest BCUT2D eigenvalue weighted by atomic mass is 9.99. The minimum atomic E-state index is -0.469. The van der Waals surface area contributed by atoms with Crippen LogP contribution in [0.25, 0.3) is 0 Å². The lowest BCUT2D eigenvalue weighted by molar-refractivity contribution is 0.0525. The number of nitrogens with one attached hydrogen (secondary N) is 1. The second-order valence-corrected chi connectivity index (χ2v) is 7.23. The number of hydrogen-bond acceptors (Lipinski definition) is 6. The van der Waals surface area contributed by atoms with Gasteiger partial charge in [-0.3, -0.25) is 9.69 Å². The smallest absolute Gasteiger partial charge is 0.341 e. The average Bonchev–Trinajstić information content (AvgIpc) is 2.97. The molecule has 0 bridgehead atoms. The molecule has 1 amide bonds. The number of carbonyl (C=O) groups is 2. The maximum absolute atomic E-state index is 12.4. The second kappa shape index (κ2) is 7.88. The number of rotatable bonds is 5. The third-order valence-electron chi connectivity index (χ3n) is 4.54. The van der Waals surface area contributed by atoms with Crippen LogP contribution in [0.1, 0.15) is 43.6 Å². The molecule has 1 aliphatic rings. The van der Waals surface area contributed by atoms with Crippen LogP contribution in [0.5, 0.6) is 0 Å². The Morgan fingerprint density at radius 3 is 2.73 bits per heavy atom. The summed E-state index contributed by atoms with van der Waals surface area (Å²) in [4.78, 5) is 27.4. The van der Waals surface area contributed by atoms with E-state index in [-0.39, 0.29) is 12.5 Å². The Morgan fingerprint density at radius 2 is 2.04 bits per heavy atom. The molecule has 7 heteroatoms. The molecule has 0 fully saturated rings. The van der Waals surface area contributed by atoms with E-state index in [0.717, 1.165) is 30.8 Å². The highest BCUT2D eigenvalue weighted by atomic mass is 32.1. The van der Waals surface area contributed by atoms with Crippen molar-refractivity contribution in [3.05, 3.63) is 51.4 Å². The number of ether oxygens (including phenoxy) is 1. The van der Waals surface area contributed by atoms with Gasteiger partial charge in [-0.2, -0.15) is 0 Å². The normalized spacial score (nSPS) is 13.9. The first-order valence-corrected chi connectivity index (χ1v) is 9.46. The van der Waals surface area contributed by atoms with Gasteiger partial charge in [0.15, 0.2) is 0 Å². The summed E-state index contributed by atoms with van der Waals surface area (Å²) in [6.45, 7) is 4.14. The van der Waals surface area contributed by atoms with Crippen LogP contribution in [0.2, 0.25) is 0 Å². The zero-order valence-electron chi connectivity index (χ0n) is 15.0. The predicted octanol–water partition coefficient (Wildman–Crippen LogP) is 2.42. The number of fused-ring (bicyclic) bond motifs is 1. The lowest BCUT2D eigenvalue weighted by Gasteiger charge is -2.29. The van der Waals surface area contributed by atoms with Crippen molar-refractivity contribution in [2.75, 3.05) is 25.9 Å². The summed E-state index contributed by atoms with van der Waals surface area (Å²) >= 11 is 1.14. The Labute approximate surface area is 156 Å². The van der Waals surface area contributed by atoms with Gasteiger partial charge in [0.1, 0.15) is 5.00 Å². The lowest BCUT2D eigenvalue weighted by Crippen LogP contribution is -2.31. The molecule has 0 unspecified atom stereocenters. The van der Waals surface area contributed by atoms with E-state index in [1.807, 2.05) is 6.07 Å². The van der Waals surface area contributed by atoms with Gasteiger partial charge in [-0.1, -0.05) is 24.3 Å². The van der Waals surface area contributed by atoms with E-state index in [2.05, 4.69) is 28.4 Å². The van der Waals surface area contributed by atoms with Gasteiger partial charge >= 0.3 is 5.97 Å². The number of hydrogen-bond donors (Lipinski definition) is 2. The SMILES string of the molecule is CCOC(=O)c1c(N)sc(C(=O)NC)c1CN1CCc2ccccc2C1. The summed E-state index contributed by atoms with van der Waals surface area (Å²) in [7, 11) is 1.57. The minimum Gasteiger partial charge on any atom is -0.462 e. The summed E-state index contributed by atoms with van der Waals surface area (Å²) in [5.41, 5.74) is 9.68. The van der Waals surface area contributed by atoms with Gasteiger partial charge in [-0.15, -0.1) is 11.3 Å². The molecule has 2 aromatic rings. The minimum absolute atomic E-state index is 0.232. The van der Waals surface area contributed by atoms with Crippen molar-refractivity contribution >= 4 is 28.2 Å². The molecule has 0 saturated carbocycles. The van der Waals surface area contributed by atoms with Crippen molar-refractivity contribution in [3.8, 4) is 0 Å². The molecule has 0 atom stereocenters. The Kier molecular flexibility index (Phi) is 5.58. The monoisotopic (exact) mass is 373 g/mol. The molecule has 2 heterocycles. The van der Waals surface area contributed by atoms with Gasteiger partial charge in [0.25, 0.3) is 5.91 Å². The van der Waals surface area contributed by atoms with E-state index in [9.17, 15) is 9.59 Å². The first kappa shape index (κ1) is 18.4. The molecule has 138 valence electrons. The Morgan fingerprint density at radius 1 is 1.31 bits per heavy atom. The fraction of sp³-hybridized carbons (Fsp3) is 0.368. The maximum Gasteiger partial charge on any atom is 0.341 e. The van der Waals surface area contributed by atoms with E-state index in [1.165, 1.54) is 11.1 Å². The summed E-state index contributed by atoms with van der Waals surface area (Å²) in [6, 6.07) is 8.35. The van der Waals surface area contributed by atoms with E-state index < -0.39 is 5.97 Å². The van der Waals surface area contributed by atoms with Crippen molar-refractivity contribution in [1.82, 2.24) is 10.2 Å². The first-order valence-electron chi connectivity index (χ1n) is 8.64. The highest BCUT2D eigenvalue weighted by Crippen LogP contribution is 2.34. The molecular weight excluding hydrogens is 350 g/mol. The van der Waals surface area contributed by atoms with Crippen LogP contribution >= 0.6 is 11.3 Å². The number of anilines is 1. The Bertz CT molecular complexity index is 831. The number of esters is 1. The standard InChI is InChI=1S/C19H23N3O3S/c1-3-25-19(24)15-14(16(18(23)21-2)26-17(15)20)11-22-9-8-12-6-4-5-7-13(12)10-22/h4-7H,3,8-11,20H2,1-2H3,(H,21,23). The van der Waals surface area contributed by atoms with Crippen molar-refractivity contribution in [3.63, 3.8) is 0 Å². The molecule has 3 N–H and O–H groups in total. The summed E-state index contributed by atoms with van der Waals surface area (Å²) in [6.07, 6.45) is 0.944. The van der Waals surface area contributed by atoms with E-state index in [1.54, 1.807) is 14.0 Å². The summed E-state index contributed by atoms with van der Waals surface area (Å²) in [5, 5.41) is 2.96. The highest BCUT2D eigenvalue weighted by Gasteiger charge is 2.28. The predicted molar refractivity (Wildman–Crippen MR) is 102 cm³/mol. The zero-order chi connectivity index (χ0) is 18.7. The molecule has 0 radical (unpaired) electrons. The fourth-order valence-electron chi connectivity index (χ4n) is 3.27. The number of thiophene rings is 1. The average molecular weight is 373 g/mol. The number of carbonyl (C=O) groups excluding carboxylic acids is 2. The van der Waals surface area contributed by atoms with Crippen LogP contribution in [0.3, 0.4) is 0 Å². The Balaban J connectivity index is 1.93. The first-order chi connectivity index (χ1) is 12.5. The number of benzene rings is 1. The Hall–Kier alpha value is -2.38. The van der Waals surface area contributed by atoms with Gasteiger partial charge < -0.3 is 15.8 Å². The van der Waals surface area contributed by atoms with Gasteiger partial charge in [0.2, 0.25) is 0 Å². The maximum atomic E-state index is 12.4. The van der Waals surface area contributed by atoms with Crippen LogP contribution < -0.4 is 11.1 Å². The largest absolute Gasteiger partial charge is 0.462 e. The van der Waals surface area contributed by atoms with Crippen LogP contribution in [0.4, 0.5) is 5.00 Å². The number of nitrogen functional groups attached to an aromatic ring is 1. The molecule has 0 spiro atoms. The van der Waals surface area contributed by atoms with Crippen LogP contribution in [-0.4, -0.2) is 37.0 Å². The van der Waals surface area contributed by atoms with Crippen molar-refractivity contribution in [1.29, 1.82) is 0 Å². The molecule has 3 rings (SSSR count). The summed E-state index contributed by atoms with van der Waals surface area (Å²) in [5.74, 6) is -0.700. The molecule has 0 aliphatic carbocycles. The molecule has 1 aliphatic heterocycles. The molecule has 6 nitrogen and oxygen atoms in total. The van der Waals surface area contributed by atoms with Gasteiger partial charge in [-0.05, 0) is 24.5 Å². The van der Waals surface area contributed by atoms with Crippen LogP contribution in [0.15, 0.2) is 24.3 Å². The second-order valence-electron chi connectivity index (χ2n) is 6.18. The molecule has 0 saturated heterocycles. The van der Waals surface area contributed by atoms with E-state index >= 15 is 0 Å².